The third kappa shape index (κ3) is 3.05. The molecule has 84 valence electrons. The van der Waals surface area contributed by atoms with Gasteiger partial charge in [-0.2, -0.15) is 0 Å². The highest BCUT2D eigenvalue weighted by Crippen LogP contribution is 2.37. The van der Waals surface area contributed by atoms with E-state index in [9.17, 15) is 10.2 Å². The van der Waals surface area contributed by atoms with Crippen molar-refractivity contribution in [2.45, 2.75) is 44.8 Å². The normalized spacial score (nSPS) is 13.3. The molecule has 2 N–H and O–H groups in total. The molecule has 0 spiro atoms. The molecule has 2 nitrogen and oxygen atoms in total. The highest BCUT2D eigenvalue weighted by molar-refractivity contribution is 5.25. The van der Waals surface area contributed by atoms with E-state index in [1.165, 1.54) is 0 Å². The summed E-state index contributed by atoms with van der Waals surface area (Å²) < 4.78 is 0. The Morgan fingerprint density at radius 1 is 0.867 bits per heavy atom. The maximum atomic E-state index is 10.1. The van der Waals surface area contributed by atoms with Crippen molar-refractivity contribution < 1.29 is 10.2 Å². The van der Waals surface area contributed by atoms with E-state index in [0.29, 0.717) is 0 Å². The Kier molecular flexibility index (Phi) is 3.22. The largest absolute Gasteiger partial charge is 0.390 e. The Morgan fingerprint density at radius 3 is 1.60 bits per heavy atom. The zero-order valence-corrected chi connectivity index (χ0v) is 9.86. The number of rotatable bonds is 3. The molecule has 0 heterocycles. The van der Waals surface area contributed by atoms with E-state index in [4.69, 9.17) is 0 Å². The third-order valence-electron chi connectivity index (χ3n) is 2.55. The first-order valence-corrected chi connectivity index (χ1v) is 5.22. The number of hydrogen-bond donors (Lipinski definition) is 2. The average Bonchev–Trinajstić information content (AvgIpc) is 2.00. The summed E-state index contributed by atoms with van der Waals surface area (Å²) in [6.45, 7) is 6.90. The molecule has 0 aliphatic heterocycles. The van der Waals surface area contributed by atoms with E-state index in [-0.39, 0.29) is 5.92 Å². The molecule has 0 fully saturated rings. The van der Waals surface area contributed by atoms with Gasteiger partial charge in [-0.15, -0.1) is 0 Å². The van der Waals surface area contributed by atoms with Gasteiger partial charge in [0.2, 0.25) is 0 Å². The molecule has 1 rings (SSSR count). The first-order valence-electron chi connectivity index (χ1n) is 5.22. The summed E-state index contributed by atoms with van der Waals surface area (Å²) in [5, 5.41) is 20.2. The Labute approximate surface area is 91.6 Å². The molecule has 0 radical (unpaired) electrons. The van der Waals surface area contributed by atoms with Crippen molar-refractivity contribution in [3.05, 3.63) is 35.9 Å². The van der Waals surface area contributed by atoms with Crippen LogP contribution in [-0.2, 0) is 0 Å². The minimum absolute atomic E-state index is 0.300. The quantitative estimate of drug-likeness (QED) is 0.800. The molecule has 15 heavy (non-hydrogen) atoms. The molecule has 0 aliphatic rings. The van der Waals surface area contributed by atoms with Gasteiger partial charge in [0.1, 0.15) is 0 Å². The van der Waals surface area contributed by atoms with Crippen molar-refractivity contribution in [2.24, 2.45) is 0 Å². The molecule has 0 aliphatic carbocycles. The Bertz CT molecular complexity index is 290. The molecular formula is C13H20O2. The van der Waals surface area contributed by atoms with Crippen molar-refractivity contribution in [2.75, 3.05) is 0 Å². The van der Waals surface area contributed by atoms with Crippen LogP contribution in [0, 0.1) is 0 Å². The van der Waals surface area contributed by atoms with E-state index in [1.807, 2.05) is 30.3 Å². The lowest BCUT2D eigenvalue weighted by atomic mass is 9.74. The Hall–Kier alpha value is -0.860. The Balaban J connectivity index is 3.15. The van der Waals surface area contributed by atoms with E-state index in [2.05, 4.69) is 0 Å². The van der Waals surface area contributed by atoms with Gasteiger partial charge < -0.3 is 10.2 Å². The topological polar surface area (TPSA) is 40.5 Å². The molecule has 1 aromatic rings. The van der Waals surface area contributed by atoms with Gasteiger partial charge in [0.25, 0.3) is 0 Å². The first kappa shape index (κ1) is 12.2. The van der Waals surface area contributed by atoms with Crippen LogP contribution in [0.5, 0.6) is 0 Å². The van der Waals surface area contributed by atoms with Crippen LogP contribution in [0.2, 0.25) is 0 Å². The van der Waals surface area contributed by atoms with Crippen LogP contribution < -0.4 is 0 Å². The fraction of sp³-hybridized carbons (Fsp3) is 0.538. The molecule has 0 aromatic heterocycles. The number of hydrogen-bond acceptors (Lipinski definition) is 2. The zero-order chi connectivity index (χ0) is 11.7. The number of benzene rings is 1. The van der Waals surface area contributed by atoms with Gasteiger partial charge in [-0.1, -0.05) is 30.3 Å². The molecule has 1 aromatic carbocycles. The van der Waals surface area contributed by atoms with E-state index < -0.39 is 11.2 Å². The van der Waals surface area contributed by atoms with Gasteiger partial charge in [0.15, 0.2) is 0 Å². The molecular weight excluding hydrogens is 188 g/mol. The van der Waals surface area contributed by atoms with Crippen LogP contribution >= 0.6 is 0 Å². The molecule has 0 saturated heterocycles. The lowest BCUT2D eigenvalue weighted by molar-refractivity contribution is -0.0517. The van der Waals surface area contributed by atoms with E-state index >= 15 is 0 Å². The summed E-state index contributed by atoms with van der Waals surface area (Å²) in [6.07, 6.45) is 0. The van der Waals surface area contributed by atoms with Crippen molar-refractivity contribution >= 4 is 0 Å². The second kappa shape index (κ2) is 3.95. The predicted octanol–water partition coefficient (Wildman–Crippen LogP) is 2.31. The minimum atomic E-state index is -0.945. The van der Waals surface area contributed by atoms with Gasteiger partial charge in [-0.3, -0.25) is 0 Å². The van der Waals surface area contributed by atoms with Crippen LogP contribution in [0.15, 0.2) is 30.3 Å². The third-order valence-corrected chi connectivity index (χ3v) is 2.55. The molecule has 0 unspecified atom stereocenters. The van der Waals surface area contributed by atoms with Gasteiger partial charge in [0, 0.05) is 5.92 Å². The molecule has 2 heteroatoms. The fourth-order valence-corrected chi connectivity index (χ4v) is 2.33. The van der Waals surface area contributed by atoms with Crippen molar-refractivity contribution in [3.8, 4) is 0 Å². The Morgan fingerprint density at radius 2 is 1.27 bits per heavy atom. The van der Waals surface area contributed by atoms with E-state index in [0.717, 1.165) is 5.56 Å². The highest BCUT2D eigenvalue weighted by atomic mass is 16.3. The lowest BCUT2D eigenvalue weighted by Crippen LogP contribution is -2.43. The van der Waals surface area contributed by atoms with Crippen LogP contribution in [0.1, 0.15) is 39.2 Å². The monoisotopic (exact) mass is 208 g/mol. The maximum absolute atomic E-state index is 10.1. The summed E-state index contributed by atoms with van der Waals surface area (Å²) in [5.74, 6) is -0.300. The summed E-state index contributed by atoms with van der Waals surface area (Å²) in [5.41, 5.74) is -0.934. The van der Waals surface area contributed by atoms with Gasteiger partial charge in [-0.05, 0) is 33.3 Å². The fourth-order valence-electron chi connectivity index (χ4n) is 2.33. The highest BCUT2D eigenvalue weighted by Gasteiger charge is 2.39. The summed E-state index contributed by atoms with van der Waals surface area (Å²) in [7, 11) is 0. The second-order valence-corrected chi connectivity index (χ2v) is 5.15. The molecule has 0 amide bonds. The molecule has 0 bridgehead atoms. The van der Waals surface area contributed by atoms with Crippen molar-refractivity contribution in [1.82, 2.24) is 0 Å². The standard InChI is InChI=1S/C13H20O2/c1-12(2,14)11(13(3,4)15)10-8-6-5-7-9-10/h5-9,11,14-15H,1-4H3. The van der Waals surface area contributed by atoms with E-state index in [1.54, 1.807) is 27.7 Å². The summed E-state index contributed by atoms with van der Waals surface area (Å²) in [6, 6.07) is 9.62. The summed E-state index contributed by atoms with van der Waals surface area (Å²) in [4.78, 5) is 0. The molecule has 0 atom stereocenters. The maximum Gasteiger partial charge on any atom is 0.0687 e. The smallest absolute Gasteiger partial charge is 0.0687 e. The first-order chi connectivity index (χ1) is 6.73. The second-order valence-electron chi connectivity index (χ2n) is 5.15. The summed E-state index contributed by atoms with van der Waals surface area (Å²) >= 11 is 0. The minimum Gasteiger partial charge on any atom is -0.390 e. The lowest BCUT2D eigenvalue weighted by Gasteiger charge is -2.38. The predicted molar refractivity (Wildman–Crippen MR) is 61.8 cm³/mol. The van der Waals surface area contributed by atoms with Gasteiger partial charge in [-0.25, -0.2) is 0 Å². The van der Waals surface area contributed by atoms with Crippen LogP contribution in [0.25, 0.3) is 0 Å². The zero-order valence-electron chi connectivity index (χ0n) is 9.86. The average molecular weight is 208 g/mol. The van der Waals surface area contributed by atoms with Crippen LogP contribution in [0.3, 0.4) is 0 Å². The van der Waals surface area contributed by atoms with Crippen LogP contribution in [0.4, 0.5) is 0 Å². The van der Waals surface area contributed by atoms with Crippen LogP contribution in [-0.4, -0.2) is 21.4 Å². The number of aliphatic hydroxyl groups is 2. The molecule has 0 saturated carbocycles. The van der Waals surface area contributed by atoms with Crippen molar-refractivity contribution in [3.63, 3.8) is 0 Å². The SMILES string of the molecule is CC(C)(O)C(c1ccccc1)C(C)(C)O. The van der Waals surface area contributed by atoms with Gasteiger partial charge in [0.05, 0.1) is 11.2 Å². The van der Waals surface area contributed by atoms with Crippen molar-refractivity contribution in [1.29, 1.82) is 0 Å². The van der Waals surface area contributed by atoms with Gasteiger partial charge >= 0.3 is 0 Å².